The quantitative estimate of drug-likeness (QED) is 0.512. The molecule has 0 aliphatic heterocycles. The lowest BCUT2D eigenvalue weighted by atomic mass is 9.88. The molecule has 3 rings (SSSR count). The molecule has 0 heterocycles. The highest BCUT2D eigenvalue weighted by atomic mass is 16.2. The van der Waals surface area contributed by atoms with Crippen molar-refractivity contribution in [2.75, 3.05) is 0 Å². The van der Waals surface area contributed by atoms with Crippen LogP contribution in [0.15, 0.2) is 91.0 Å². The summed E-state index contributed by atoms with van der Waals surface area (Å²) in [5.41, 5.74) is 3.18. The molecule has 0 spiro atoms. The molecule has 0 saturated carbocycles. The Kier molecular flexibility index (Phi) is 8.20. The number of carbonyl (C=O) groups is 2. The van der Waals surface area contributed by atoms with Crippen LogP contribution in [0.5, 0.6) is 0 Å². The van der Waals surface area contributed by atoms with E-state index in [0.717, 1.165) is 16.7 Å². The van der Waals surface area contributed by atoms with Crippen LogP contribution in [0.3, 0.4) is 0 Å². The van der Waals surface area contributed by atoms with Gasteiger partial charge in [0.1, 0.15) is 6.04 Å². The summed E-state index contributed by atoms with van der Waals surface area (Å²) < 4.78 is 0. The van der Waals surface area contributed by atoms with E-state index < -0.39 is 6.04 Å². The molecule has 1 N–H and O–H groups in total. The first-order chi connectivity index (χ1) is 15.5. The lowest BCUT2D eigenvalue weighted by molar-refractivity contribution is -0.141. The molecule has 0 aliphatic rings. The summed E-state index contributed by atoms with van der Waals surface area (Å²) in [4.78, 5) is 28.2. The number of hydrogen-bond donors (Lipinski definition) is 1. The third-order valence-corrected chi connectivity index (χ3v) is 5.58. The highest BCUT2D eigenvalue weighted by molar-refractivity contribution is 5.88. The Balaban J connectivity index is 1.90. The third-order valence-electron chi connectivity index (χ3n) is 5.58. The topological polar surface area (TPSA) is 49.4 Å². The first-order valence-electron chi connectivity index (χ1n) is 11.2. The molecular formula is C28H32N2O2. The zero-order valence-electron chi connectivity index (χ0n) is 19.1. The van der Waals surface area contributed by atoms with Crippen LogP contribution in [0.1, 0.15) is 49.8 Å². The molecule has 0 saturated heterocycles. The summed E-state index contributed by atoms with van der Waals surface area (Å²) in [6.45, 7) is 6.05. The minimum Gasteiger partial charge on any atom is -0.352 e. The van der Waals surface area contributed by atoms with E-state index in [4.69, 9.17) is 0 Å². The van der Waals surface area contributed by atoms with Crippen LogP contribution in [0.4, 0.5) is 0 Å². The van der Waals surface area contributed by atoms with Gasteiger partial charge in [0.05, 0.1) is 0 Å². The fourth-order valence-electron chi connectivity index (χ4n) is 3.86. The van der Waals surface area contributed by atoms with Crippen molar-refractivity contribution in [1.82, 2.24) is 10.2 Å². The molecule has 0 radical (unpaired) electrons. The summed E-state index contributed by atoms with van der Waals surface area (Å²) in [5, 5.41) is 2.95. The smallest absolute Gasteiger partial charge is 0.242 e. The zero-order chi connectivity index (χ0) is 22.9. The molecule has 0 unspecified atom stereocenters. The van der Waals surface area contributed by atoms with Gasteiger partial charge in [-0.05, 0) is 37.5 Å². The second-order valence-corrected chi connectivity index (χ2v) is 8.42. The van der Waals surface area contributed by atoms with Crippen molar-refractivity contribution in [3.05, 3.63) is 108 Å². The van der Waals surface area contributed by atoms with Crippen molar-refractivity contribution in [3.63, 3.8) is 0 Å². The number of amides is 2. The van der Waals surface area contributed by atoms with Crippen molar-refractivity contribution in [2.24, 2.45) is 0 Å². The van der Waals surface area contributed by atoms with E-state index in [9.17, 15) is 9.59 Å². The molecule has 3 aromatic rings. The maximum Gasteiger partial charge on any atom is 0.242 e. The van der Waals surface area contributed by atoms with Gasteiger partial charge in [0.15, 0.2) is 0 Å². The van der Waals surface area contributed by atoms with Crippen LogP contribution < -0.4 is 5.32 Å². The summed E-state index contributed by atoms with van der Waals surface area (Å²) in [6, 6.07) is 29.4. The summed E-state index contributed by atoms with van der Waals surface area (Å²) in [5.74, 6) is -0.262. The minimum atomic E-state index is -0.572. The van der Waals surface area contributed by atoms with Crippen LogP contribution in [-0.4, -0.2) is 28.8 Å². The predicted octanol–water partition coefficient (Wildman–Crippen LogP) is 5.15. The maximum absolute atomic E-state index is 13.7. The number of rotatable bonds is 9. The lowest BCUT2D eigenvalue weighted by Crippen LogP contribution is -2.49. The lowest BCUT2D eigenvalue weighted by Gasteiger charge is -2.31. The van der Waals surface area contributed by atoms with Crippen molar-refractivity contribution >= 4 is 11.8 Å². The van der Waals surface area contributed by atoms with Crippen molar-refractivity contribution < 1.29 is 9.59 Å². The molecule has 4 heteroatoms. The first-order valence-corrected chi connectivity index (χ1v) is 11.2. The van der Waals surface area contributed by atoms with Gasteiger partial charge in [-0.3, -0.25) is 9.59 Å². The Morgan fingerprint density at radius 1 is 0.750 bits per heavy atom. The van der Waals surface area contributed by atoms with E-state index in [1.165, 1.54) is 0 Å². The van der Waals surface area contributed by atoms with Crippen LogP contribution in [-0.2, 0) is 16.1 Å². The second-order valence-electron chi connectivity index (χ2n) is 8.42. The molecule has 166 valence electrons. The van der Waals surface area contributed by atoms with Gasteiger partial charge in [-0.15, -0.1) is 0 Å². The van der Waals surface area contributed by atoms with Crippen LogP contribution in [0.2, 0.25) is 0 Å². The highest BCUT2D eigenvalue weighted by Crippen LogP contribution is 2.29. The summed E-state index contributed by atoms with van der Waals surface area (Å²) in [7, 11) is 0. The molecule has 3 aromatic carbocycles. The molecule has 32 heavy (non-hydrogen) atoms. The number of carbonyl (C=O) groups excluding carboxylic acids is 2. The van der Waals surface area contributed by atoms with Gasteiger partial charge in [0.2, 0.25) is 11.8 Å². The minimum absolute atomic E-state index is 0.0139. The van der Waals surface area contributed by atoms with Crippen molar-refractivity contribution in [2.45, 2.75) is 51.7 Å². The zero-order valence-corrected chi connectivity index (χ0v) is 19.1. The molecule has 0 aromatic heterocycles. The van der Waals surface area contributed by atoms with E-state index in [-0.39, 0.29) is 23.8 Å². The number of benzene rings is 3. The van der Waals surface area contributed by atoms with Crippen molar-refractivity contribution in [3.8, 4) is 0 Å². The number of hydrogen-bond acceptors (Lipinski definition) is 2. The van der Waals surface area contributed by atoms with Crippen LogP contribution in [0.25, 0.3) is 0 Å². The Labute approximate surface area is 191 Å². The Morgan fingerprint density at radius 2 is 1.22 bits per heavy atom. The van der Waals surface area contributed by atoms with Gasteiger partial charge in [0, 0.05) is 24.9 Å². The van der Waals surface area contributed by atoms with E-state index in [2.05, 4.69) is 29.6 Å². The number of nitrogens with one attached hydrogen (secondary N) is 1. The number of nitrogens with zero attached hydrogens (tertiary/aromatic N) is 1. The Hall–Kier alpha value is -3.40. The molecule has 0 bridgehead atoms. The first kappa shape index (κ1) is 23.3. The Morgan fingerprint density at radius 3 is 1.69 bits per heavy atom. The molecule has 0 fully saturated rings. The normalized spacial score (nSPS) is 11.9. The molecule has 1 atom stereocenters. The van der Waals surface area contributed by atoms with Gasteiger partial charge < -0.3 is 10.2 Å². The van der Waals surface area contributed by atoms with Gasteiger partial charge in [-0.25, -0.2) is 0 Å². The highest BCUT2D eigenvalue weighted by Gasteiger charge is 2.29. The summed E-state index contributed by atoms with van der Waals surface area (Å²) >= 11 is 0. The summed E-state index contributed by atoms with van der Waals surface area (Å²) in [6.07, 6.45) is 0.292. The third kappa shape index (κ3) is 6.30. The van der Waals surface area contributed by atoms with Gasteiger partial charge in [-0.2, -0.15) is 0 Å². The predicted molar refractivity (Wildman–Crippen MR) is 129 cm³/mol. The second kappa shape index (κ2) is 11.3. The van der Waals surface area contributed by atoms with Gasteiger partial charge in [0.25, 0.3) is 0 Å². The SMILES string of the molecule is CC(C)NC(=O)[C@@H](C)N(Cc1ccccc1)C(=O)CC(c1ccccc1)c1ccccc1. The largest absolute Gasteiger partial charge is 0.352 e. The van der Waals surface area contributed by atoms with Gasteiger partial charge in [-0.1, -0.05) is 91.0 Å². The fourth-order valence-corrected chi connectivity index (χ4v) is 3.86. The van der Waals surface area contributed by atoms with Crippen molar-refractivity contribution in [1.29, 1.82) is 0 Å². The molecular weight excluding hydrogens is 396 g/mol. The van der Waals surface area contributed by atoms with E-state index in [1.54, 1.807) is 11.8 Å². The van der Waals surface area contributed by atoms with Crippen LogP contribution >= 0.6 is 0 Å². The van der Waals surface area contributed by atoms with Gasteiger partial charge >= 0.3 is 0 Å². The van der Waals surface area contributed by atoms with E-state index in [0.29, 0.717) is 13.0 Å². The molecule has 4 nitrogen and oxygen atoms in total. The van der Waals surface area contributed by atoms with E-state index >= 15 is 0 Å². The monoisotopic (exact) mass is 428 g/mol. The fraction of sp³-hybridized carbons (Fsp3) is 0.286. The average Bonchev–Trinajstić information content (AvgIpc) is 2.81. The average molecular weight is 429 g/mol. The maximum atomic E-state index is 13.7. The van der Waals surface area contributed by atoms with E-state index in [1.807, 2.05) is 80.6 Å². The van der Waals surface area contributed by atoms with Crippen LogP contribution in [0, 0.1) is 0 Å². The standard InChI is InChI=1S/C28H32N2O2/c1-21(2)29-28(32)22(3)30(20-23-13-7-4-8-14-23)27(31)19-26(24-15-9-5-10-16-24)25-17-11-6-12-18-25/h4-18,21-22,26H,19-20H2,1-3H3,(H,29,32)/t22-/m1/s1. The molecule has 2 amide bonds. The Bertz CT molecular complexity index is 948. The molecule has 0 aliphatic carbocycles.